The third-order valence-electron chi connectivity index (χ3n) is 2.70. The number of hydrogen-bond acceptors (Lipinski definition) is 5. The van der Waals surface area contributed by atoms with Gasteiger partial charge in [-0.05, 0) is 38.1 Å². The van der Waals surface area contributed by atoms with E-state index in [-0.39, 0.29) is 4.21 Å². The van der Waals surface area contributed by atoms with E-state index in [4.69, 9.17) is 9.47 Å². The molecule has 0 amide bonds. The van der Waals surface area contributed by atoms with E-state index in [2.05, 4.69) is 4.72 Å². The molecule has 114 valence electrons. The van der Waals surface area contributed by atoms with Crippen LogP contribution in [0, 0.1) is 6.92 Å². The van der Waals surface area contributed by atoms with Gasteiger partial charge in [-0.2, -0.15) is 0 Å². The smallest absolute Gasteiger partial charge is 0.271 e. The van der Waals surface area contributed by atoms with Crippen LogP contribution in [0.15, 0.2) is 34.5 Å². The zero-order valence-corrected chi connectivity index (χ0v) is 13.7. The molecule has 1 heterocycles. The summed E-state index contributed by atoms with van der Waals surface area (Å²) in [4.78, 5) is 0.944. The highest BCUT2D eigenvalue weighted by Crippen LogP contribution is 2.31. The molecule has 0 saturated heterocycles. The molecule has 5 nitrogen and oxygen atoms in total. The molecule has 0 fully saturated rings. The summed E-state index contributed by atoms with van der Waals surface area (Å²) >= 11 is 1.23. The lowest BCUT2D eigenvalue weighted by molar-refractivity contribution is 0.311. The molecule has 2 rings (SSSR count). The van der Waals surface area contributed by atoms with Gasteiger partial charge in [-0.25, -0.2) is 8.42 Å². The van der Waals surface area contributed by atoms with Crippen LogP contribution in [0.4, 0.5) is 5.69 Å². The third kappa shape index (κ3) is 3.68. The fraction of sp³-hybridized carbons (Fsp3) is 0.286. The summed E-state index contributed by atoms with van der Waals surface area (Å²) in [6, 6.07) is 8.29. The Morgan fingerprint density at radius 3 is 2.52 bits per heavy atom. The molecule has 1 N–H and O–H groups in total. The Morgan fingerprint density at radius 1 is 1.19 bits per heavy atom. The van der Waals surface area contributed by atoms with Crippen molar-refractivity contribution in [1.82, 2.24) is 0 Å². The predicted octanol–water partition coefficient (Wildman–Crippen LogP) is 3.26. The van der Waals surface area contributed by atoms with Crippen LogP contribution >= 0.6 is 11.3 Å². The van der Waals surface area contributed by atoms with Gasteiger partial charge >= 0.3 is 0 Å². The summed E-state index contributed by atoms with van der Waals surface area (Å²) in [7, 11) is -2.06. The van der Waals surface area contributed by atoms with E-state index >= 15 is 0 Å². The number of anilines is 1. The standard InChI is InChI=1S/C14H17NO4S2/c1-4-19-12-7-6-11(9-13(12)18-3)15-21(16,17)14-8-5-10(2)20-14/h5-9,15H,4H2,1-3H3. The molecule has 21 heavy (non-hydrogen) atoms. The minimum Gasteiger partial charge on any atom is -0.493 e. The quantitative estimate of drug-likeness (QED) is 0.884. The van der Waals surface area contributed by atoms with Crippen LogP contribution in [0.1, 0.15) is 11.8 Å². The predicted molar refractivity (Wildman–Crippen MR) is 84.0 cm³/mol. The Kier molecular flexibility index (Phi) is 4.74. The van der Waals surface area contributed by atoms with Crippen molar-refractivity contribution >= 4 is 27.0 Å². The lowest BCUT2D eigenvalue weighted by Crippen LogP contribution is -2.11. The van der Waals surface area contributed by atoms with Gasteiger partial charge in [0.2, 0.25) is 0 Å². The molecular weight excluding hydrogens is 310 g/mol. The summed E-state index contributed by atoms with van der Waals surface area (Å²) in [6.07, 6.45) is 0. The summed E-state index contributed by atoms with van der Waals surface area (Å²) in [5, 5.41) is 0. The van der Waals surface area contributed by atoms with Crippen molar-refractivity contribution in [2.45, 2.75) is 18.1 Å². The van der Waals surface area contributed by atoms with Gasteiger partial charge in [-0.1, -0.05) is 0 Å². The first-order valence-corrected chi connectivity index (χ1v) is 8.66. The second kappa shape index (κ2) is 6.36. The van der Waals surface area contributed by atoms with Crippen LogP contribution in [0.2, 0.25) is 0 Å². The Morgan fingerprint density at radius 2 is 1.95 bits per heavy atom. The third-order valence-corrected chi connectivity index (χ3v) is 5.57. The molecule has 0 bridgehead atoms. The number of thiophene rings is 1. The van der Waals surface area contributed by atoms with Gasteiger partial charge in [0.25, 0.3) is 10.0 Å². The van der Waals surface area contributed by atoms with E-state index in [1.54, 1.807) is 30.3 Å². The van der Waals surface area contributed by atoms with Crippen molar-refractivity contribution in [2.24, 2.45) is 0 Å². The fourth-order valence-corrected chi connectivity index (χ4v) is 4.10. The molecule has 0 unspecified atom stereocenters. The molecule has 1 aromatic heterocycles. The van der Waals surface area contributed by atoms with E-state index in [9.17, 15) is 8.42 Å². The SMILES string of the molecule is CCOc1ccc(NS(=O)(=O)c2ccc(C)s2)cc1OC. The number of aryl methyl sites for hydroxylation is 1. The maximum atomic E-state index is 12.3. The number of benzene rings is 1. The topological polar surface area (TPSA) is 64.6 Å². The molecule has 0 spiro atoms. The van der Waals surface area contributed by atoms with Gasteiger partial charge in [-0.3, -0.25) is 4.72 Å². The molecule has 0 atom stereocenters. The fourth-order valence-electron chi connectivity index (χ4n) is 1.77. The van der Waals surface area contributed by atoms with Gasteiger partial charge in [-0.15, -0.1) is 11.3 Å². The highest BCUT2D eigenvalue weighted by atomic mass is 32.2. The van der Waals surface area contributed by atoms with Crippen molar-refractivity contribution < 1.29 is 17.9 Å². The first-order valence-electron chi connectivity index (χ1n) is 6.36. The van der Waals surface area contributed by atoms with Gasteiger partial charge in [0.1, 0.15) is 4.21 Å². The molecule has 0 aliphatic rings. The van der Waals surface area contributed by atoms with Gasteiger partial charge in [0, 0.05) is 10.9 Å². The average Bonchev–Trinajstić information content (AvgIpc) is 2.88. The molecule has 2 aromatic rings. The zero-order valence-electron chi connectivity index (χ0n) is 12.0. The first kappa shape index (κ1) is 15.7. The molecule has 0 saturated carbocycles. The number of rotatable bonds is 6. The Hall–Kier alpha value is -1.73. The highest BCUT2D eigenvalue weighted by Gasteiger charge is 2.17. The molecule has 0 radical (unpaired) electrons. The van der Waals surface area contributed by atoms with Crippen molar-refractivity contribution in [3.63, 3.8) is 0 Å². The minimum absolute atomic E-state index is 0.285. The second-order valence-corrected chi connectivity index (χ2v) is 7.47. The number of sulfonamides is 1. The summed E-state index contributed by atoms with van der Waals surface area (Å²) in [5.41, 5.74) is 0.432. The molecule has 7 heteroatoms. The van der Waals surface area contributed by atoms with Crippen LogP contribution in [-0.2, 0) is 10.0 Å². The van der Waals surface area contributed by atoms with E-state index in [1.807, 2.05) is 13.8 Å². The highest BCUT2D eigenvalue weighted by molar-refractivity contribution is 7.94. The Bertz CT molecular complexity index is 722. The lowest BCUT2D eigenvalue weighted by Gasteiger charge is -2.12. The van der Waals surface area contributed by atoms with Gasteiger partial charge in [0.15, 0.2) is 11.5 Å². The van der Waals surface area contributed by atoms with Crippen LogP contribution in [-0.4, -0.2) is 22.1 Å². The van der Waals surface area contributed by atoms with Crippen LogP contribution in [0.3, 0.4) is 0 Å². The molecule has 0 aliphatic heterocycles. The van der Waals surface area contributed by atoms with Gasteiger partial charge in [0.05, 0.1) is 19.4 Å². The number of ether oxygens (including phenoxy) is 2. The van der Waals surface area contributed by atoms with Crippen LogP contribution < -0.4 is 14.2 Å². The van der Waals surface area contributed by atoms with E-state index < -0.39 is 10.0 Å². The van der Waals surface area contributed by atoms with Gasteiger partial charge < -0.3 is 9.47 Å². The van der Waals surface area contributed by atoms with E-state index in [1.165, 1.54) is 18.4 Å². The van der Waals surface area contributed by atoms with Crippen molar-refractivity contribution in [1.29, 1.82) is 0 Å². The number of hydrogen-bond donors (Lipinski definition) is 1. The van der Waals surface area contributed by atoms with Crippen molar-refractivity contribution in [3.8, 4) is 11.5 Å². The monoisotopic (exact) mass is 327 g/mol. The van der Waals surface area contributed by atoms with Crippen LogP contribution in [0.25, 0.3) is 0 Å². The number of nitrogens with one attached hydrogen (secondary N) is 1. The molecular formula is C14H17NO4S2. The van der Waals surface area contributed by atoms with E-state index in [0.717, 1.165) is 4.88 Å². The number of methoxy groups -OCH3 is 1. The summed E-state index contributed by atoms with van der Waals surface area (Å²) in [5.74, 6) is 1.06. The second-order valence-electron chi connectivity index (χ2n) is 4.27. The minimum atomic E-state index is -3.57. The first-order chi connectivity index (χ1) is 9.96. The molecule has 1 aromatic carbocycles. The normalized spacial score (nSPS) is 11.2. The lowest BCUT2D eigenvalue weighted by atomic mass is 10.3. The molecule has 0 aliphatic carbocycles. The van der Waals surface area contributed by atoms with Crippen molar-refractivity contribution in [3.05, 3.63) is 35.2 Å². The Labute approximate surface area is 128 Å². The summed E-state index contributed by atoms with van der Waals surface area (Å²) in [6.45, 7) is 4.24. The van der Waals surface area contributed by atoms with Crippen molar-refractivity contribution in [2.75, 3.05) is 18.4 Å². The maximum absolute atomic E-state index is 12.3. The average molecular weight is 327 g/mol. The Balaban J connectivity index is 2.27. The largest absolute Gasteiger partial charge is 0.493 e. The van der Waals surface area contributed by atoms with E-state index in [0.29, 0.717) is 23.8 Å². The van der Waals surface area contributed by atoms with Crippen LogP contribution in [0.5, 0.6) is 11.5 Å². The zero-order chi connectivity index (χ0) is 15.5. The maximum Gasteiger partial charge on any atom is 0.271 e. The summed E-state index contributed by atoms with van der Waals surface area (Å²) < 4.78 is 37.9.